The fourth-order valence-corrected chi connectivity index (χ4v) is 4.00. The van der Waals surface area contributed by atoms with Gasteiger partial charge < -0.3 is 4.74 Å². The van der Waals surface area contributed by atoms with Crippen molar-refractivity contribution in [1.29, 1.82) is 0 Å². The standard InChI is InChI=1S/C16H19ClO4S/c1-12(10-13-2-4-15(17)5-3-13)16(18)21-11-14-6-8-22(19,20)9-7-14/h2-5,10,14H,6-9,11H2,1H3/b12-10+. The first-order valence-corrected chi connectivity index (χ1v) is 9.37. The van der Waals surface area contributed by atoms with Gasteiger partial charge >= 0.3 is 5.97 Å². The molecule has 0 N–H and O–H groups in total. The van der Waals surface area contributed by atoms with Crippen LogP contribution in [0.4, 0.5) is 0 Å². The van der Waals surface area contributed by atoms with E-state index in [9.17, 15) is 13.2 Å². The van der Waals surface area contributed by atoms with E-state index in [2.05, 4.69) is 0 Å². The van der Waals surface area contributed by atoms with Crippen LogP contribution in [-0.2, 0) is 19.4 Å². The Kier molecular flexibility index (Phi) is 5.64. The van der Waals surface area contributed by atoms with Crippen LogP contribution in [0.2, 0.25) is 5.02 Å². The number of carbonyl (C=O) groups excluding carboxylic acids is 1. The monoisotopic (exact) mass is 342 g/mol. The summed E-state index contributed by atoms with van der Waals surface area (Å²) in [4.78, 5) is 11.9. The Morgan fingerprint density at radius 2 is 1.86 bits per heavy atom. The van der Waals surface area contributed by atoms with E-state index in [0.29, 0.717) is 23.4 Å². The summed E-state index contributed by atoms with van der Waals surface area (Å²) in [6.07, 6.45) is 2.87. The van der Waals surface area contributed by atoms with Gasteiger partial charge in [-0.05, 0) is 49.5 Å². The van der Waals surface area contributed by atoms with Gasteiger partial charge in [-0.25, -0.2) is 13.2 Å². The van der Waals surface area contributed by atoms with E-state index in [1.807, 2.05) is 12.1 Å². The average molecular weight is 343 g/mol. The molecule has 6 heteroatoms. The van der Waals surface area contributed by atoms with E-state index < -0.39 is 9.84 Å². The normalized spacial score (nSPS) is 18.9. The molecule has 4 nitrogen and oxygen atoms in total. The summed E-state index contributed by atoms with van der Waals surface area (Å²) in [6, 6.07) is 7.17. The van der Waals surface area contributed by atoms with Crippen molar-refractivity contribution in [2.45, 2.75) is 19.8 Å². The molecule has 1 fully saturated rings. The van der Waals surface area contributed by atoms with Crippen molar-refractivity contribution in [3.05, 3.63) is 40.4 Å². The molecule has 0 unspecified atom stereocenters. The number of carbonyl (C=O) groups is 1. The molecule has 0 radical (unpaired) electrons. The molecule has 1 aromatic rings. The van der Waals surface area contributed by atoms with E-state index in [4.69, 9.17) is 16.3 Å². The smallest absolute Gasteiger partial charge is 0.333 e. The predicted molar refractivity (Wildman–Crippen MR) is 87.4 cm³/mol. The molecule has 0 spiro atoms. The van der Waals surface area contributed by atoms with E-state index in [0.717, 1.165) is 5.56 Å². The molecule has 0 aliphatic carbocycles. The van der Waals surface area contributed by atoms with Crippen LogP contribution < -0.4 is 0 Å². The number of benzene rings is 1. The lowest BCUT2D eigenvalue weighted by atomic mass is 10.0. The number of sulfone groups is 1. The molecule has 1 aromatic carbocycles. The Labute approximate surface area is 136 Å². The highest BCUT2D eigenvalue weighted by molar-refractivity contribution is 7.91. The zero-order valence-electron chi connectivity index (χ0n) is 12.4. The summed E-state index contributed by atoms with van der Waals surface area (Å²) in [7, 11) is -2.88. The fourth-order valence-electron chi connectivity index (χ4n) is 2.28. The van der Waals surface area contributed by atoms with E-state index in [-0.39, 0.29) is 30.0 Å². The lowest BCUT2D eigenvalue weighted by Crippen LogP contribution is -2.27. The molecule has 2 rings (SSSR count). The molecule has 0 atom stereocenters. The Morgan fingerprint density at radius 1 is 1.27 bits per heavy atom. The second kappa shape index (κ2) is 7.29. The molecule has 0 bridgehead atoms. The third kappa shape index (κ3) is 5.14. The average Bonchev–Trinajstić information content (AvgIpc) is 2.48. The minimum Gasteiger partial charge on any atom is -0.462 e. The molecule has 22 heavy (non-hydrogen) atoms. The van der Waals surface area contributed by atoms with Gasteiger partial charge in [-0.2, -0.15) is 0 Å². The lowest BCUT2D eigenvalue weighted by molar-refractivity contribution is -0.140. The molecular formula is C16H19ClO4S. The van der Waals surface area contributed by atoms with Crippen LogP contribution in [0.5, 0.6) is 0 Å². The van der Waals surface area contributed by atoms with E-state index in [1.54, 1.807) is 25.1 Å². The van der Waals surface area contributed by atoms with Crippen LogP contribution in [-0.4, -0.2) is 32.5 Å². The van der Waals surface area contributed by atoms with E-state index in [1.165, 1.54) is 0 Å². The van der Waals surface area contributed by atoms with Gasteiger partial charge in [0.15, 0.2) is 0 Å². The summed E-state index contributed by atoms with van der Waals surface area (Å²) in [6.45, 7) is 1.97. The molecule has 0 saturated carbocycles. The number of halogens is 1. The van der Waals surface area contributed by atoms with Gasteiger partial charge in [0, 0.05) is 10.6 Å². The van der Waals surface area contributed by atoms with Crippen molar-refractivity contribution < 1.29 is 17.9 Å². The largest absolute Gasteiger partial charge is 0.462 e. The first-order valence-electron chi connectivity index (χ1n) is 7.17. The van der Waals surface area contributed by atoms with Gasteiger partial charge in [0.2, 0.25) is 0 Å². The summed E-state index contributed by atoms with van der Waals surface area (Å²) in [5.74, 6) is 0.142. The molecule has 1 aliphatic heterocycles. The third-order valence-corrected chi connectivity index (χ3v) is 5.67. The van der Waals surface area contributed by atoms with Gasteiger partial charge in [-0.1, -0.05) is 23.7 Å². The Bertz CT molecular complexity index is 648. The fraction of sp³-hybridized carbons (Fsp3) is 0.438. The molecule has 0 amide bonds. The highest BCUT2D eigenvalue weighted by Gasteiger charge is 2.24. The van der Waals surface area contributed by atoms with Crippen LogP contribution in [0.15, 0.2) is 29.8 Å². The third-order valence-electron chi connectivity index (χ3n) is 3.70. The number of hydrogen-bond acceptors (Lipinski definition) is 4. The Morgan fingerprint density at radius 3 is 2.45 bits per heavy atom. The second-order valence-corrected chi connectivity index (χ2v) is 8.31. The molecular weight excluding hydrogens is 324 g/mol. The number of rotatable bonds is 4. The summed E-state index contributed by atoms with van der Waals surface area (Å²) in [5.41, 5.74) is 1.38. The van der Waals surface area contributed by atoms with Crippen molar-refractivity contribution in [1.82, 2.24) is 0 Å². The maximum absolute atomic E-state index is 11.9. The summed E-state index contributed by atoms with van der Waals surface area (Å²) >= 11 is 5.81. The minimum atomic E-state index is -2.88. The van der Waals surface area contributed by atoms with Gasteiger partial charge in [-0.15, -0.1) is 0 Å². The topological polar surface area (TPSA) is 60.4 Å². The van der Waals surface area contributed by atoms with Crippen LogP contribution in [0.1, 0.15) is 25.3 Å². The number of hydrogen-bond donors (Lipinski definition) is 0. The predicted octanol–water partition coefficient (Wildman–Crippen LogP) is 3.11. The molecule has 0 aromatic heterocycles. The maximum Gasteiger partial charge on any atom is 0.333 e. The van der Waals surface area contributed by atoms with Crippen molar-refractivity contribution >= 4 is 33.5 Å². The first kappa shape index (κ1) is 17.0. The van der Waals surface area contributed by atoms with Gasteiger partial charge in [0.25, 0.3) is 0 Å². The lowest BCUT2D eigenvalue weighted by Gasteiger charge is -2.21. The number of ether oxygens (including phenoxy) is 1. The van der Waals surface area contributed by atoms with Crippen LogP contribution >= 0.6 is 11.6 Å². The van der Waals surface area contributed by atoms with Crippen molar-refractivity contribution in [3.63, 3.8) is 0 Å². The first-order chi connectivity index (χ1) is 10.4. The van der Waals surface area contributed by atoms with Crippen LogP contribution in [0.25, 0.3) is 6.08 Å². The second-order valence-electron chi connectivity index (χ2n) is 5.57. The van der Waals surface area contributed by atoms with Crippen molar-refractivity contribution in [3.8, 4) is 0 Å². The highest BCUT2D eigenvalue weighted by Crippen LogP contribution is 2.20. The summed E-state index contributed by atoms with van der Waals surface area (Å²) < 4.78 is 28.0. The minimum absolute atomic E-state index is 0.135. The summed E-state index contributed by atoms with van der Waals surface area (Å²) in [5, 5.41) is 0.643. The van der Waals surface area contributed by atoms with Crippen molar-refractivity contribution in [2.75, 3.05) is 18.1 Å². The van der Waals surface area contributed by atoms with Gasteiger partial charge in [0.1, 0.15) is 9.84 Å². The zero-order chi connectivity index (χ0) is 16.2. The van der Waals surface area contributed by atoms with E-state index >= 15 is 0 Å². The maximum atomic E-state index is 11.9. The molecule has 120 valence electrons. The SMILES string of the molecule is C/C(=C\c1ccc(Cl)cc1)C(=O)OCC1CCS(=O)(=O)CC1. The molecule has 1 saturated heterocycles. The van der Waals surface area contributed by atoms with Crippen LogP contribution in [0.3, 0.4) is 0 Å². The zero-order valence-corrected chi connectivity index (χ0v) is 14.0. The number of esters is 1. The van der Waals surface area contributed by atoms with Gasteiger partial charge in [0.05, 0.1) is 18.1 Å². The highest BCUT2D eigenvalue weighted by atomic mass is 35.5. The van der Waals surface area contributed by atoms with Crippen LogP contribution in [0, 0.1) is 5.92 Å². The van der Waals surface area contributed by atoms with Gasteiger partial charge in [-0.3, -0.25) is 0 Å². The molecule has 1 heterocycles. The van der Waals surface area contributed by atoms with Crippen molar-refractivity contribution in [2.24, 2.45) is 5.92 Å². The quantitative estimate of drug-likeness (QED) is 0.623. The Balaban J connectivity index is 1.85. The Hall–Kier alpha value is -1.33. The molecule has 1 aliphatic rings.